The molecule has 0 aromatic heterocycles. The summed E-state index contributed by atoms with van der Waals surface area (Å²) in [5.74, 6) is -0.173. The zero-order valence-electron chi connectivity index (χ0n) is 12.4. The molecule has 0 spiro atoms. The van der Waals surface area contributed by atoms with Gasteiger partial charge in [-0.2, -0.15) is 0 Å². The number of hydrogen-bond donors (Lipinski definition) is 1. The molecule has 0 radical (unpaired) electrons. The van der Waals surface area contributed by atoms with Gasteiger partial charge in [0.2, 0.25) is 0 Å². The Kier molecular flexibility index (Phi) is 7.07. The van der Waals surface area contributed by atoms with Crippen molar-refractivity contribution in [2.24, 2.45) is 5.73 Å². The minimum absolute atomic E-state index is 0.173. The third-order valence-corrected chi connectivity index (χ3v) is 3.60. The first-order valence-electron chi connectivity index (χ1n) is 7.57. The number of hydrogen-bond acceptors (Lipinski definition) is 1. The van der Waals surface area contributed by atoms with Gasteiger partial charge in [-0.25, -0.2) is 4.39 Å². The molecule has 0 aliphatic rings. The Morgan fingerprint density at radius 2 is 1.79 bits per heavy atom. The summed E-state index contributed by atoms with van der Waals surface area (Å²) in [6.07, 6.45) is 9.46. The molecule has 1 atom stereocenters. The van der Waals surface area contributed by atoms with Crippen LogP contribution in [0.2, 0.25) is 0 Å². The molecule has 0 aliphatic carbocycles. The van der Waals surface area contributed by atoms with Gasteiger partial charge in [-0.05, 0) is 37.5 Å². The molecule has 1 unspecified atom stereocenters. The molecular formula is C17H28FN. The van der Waals surface area contributed by atoms with Crippen LogP contribution in [0.1, 0.15) is 64.4 Å². The Labute approximate surface area is 117 Å². The quantitative estimate of drug-likeness (QED) is 0.635. The minimum atomic E-state index is -0.224. The molecule has 2 N–H and O–H groups in total. The van der Waals surface area contributed by atoms with E-state index in [1.54, 1.807) is 12.1 Å². The molecule has 2 heteroatoms. The lowest BCUT2D eigenvalue weighted by atomic mass is 9.88. The van der Waals surface area contributed by atoms with Crippen molar-refractivity contribution < 1.29 is 4.39 Å². The normalized spacial score (nSPS) is 14.3. The molecule has 1 nitrogen and oxygen atoms in total. The van der Waals surface area contributed by atoms with Gasteiger partial charge in [0.25, 0.3) is 0 Å². The number of unbranched alkanes of at least 4 members (excludes halogenated alkanes) is 5. The van der Waals surface area contributed by atoms with Gasteiger partial charge in [0.05, 0.1) is 0 Å². The van der Waals surface area contributed by atoms with Gasteiger partial charge in [0, 0.05) is 5.54 Å². The van der Waals surface area contributed by atoms with E-state index < -0.39 is 0 Å². The largest absolute Gasteiger partial charge is 0.325 e. The molecule has 0 amide bonds. The first-order chi connectivity index (χ1) is 9.03. The van der Waals surface area contributed by atoms with Gasteiger partial charge in [-0.1, -0.05) is 57.6 Å². The molecule has 0 saturated carbocycles. The van der Waals surface area contributed by atoms with Crippen molar-refractivity contribution in [1.82, 2.24) is 0 Å². The zero-order chi connectivity index (χ0) is 14.1. The van der Waals surface area contributed by atoms with Crippen molar-refractivity contribution in [3.05, 3.63) is 35.6 Å². The van der Waals surface area contributed by atoms with E-state index in [9.17, 15) is 4.39 Å². The smallest absolute Gasteiger partial charge is 0.123 e. The minimum Gasteiger partial charge on any atom is -0.325 e. The van der Waals surface area contributed by atoms with Crippen LogP contribution in [0.5, 0.6) is 0 Å². The summed E-state index contributed by atoms with van der Waals surface area (Å²) in [5.41, 5.74) is 7.09. The summed E-state index contributed by atoms with van der Waals surface area (Å²) in [4.78, 5) is 0. The van der Waals surface area contributed by atoms with Crippen LogP contribution < -0.4 is 5.73 Å². The van der Waals surface area contributed by atoms with E-state index in [1.165, 1.54) is 44.6 Å². The topological polar surface area (TPSA) is 26.0 Å². The lowest BCUT2D eigenvalue weighted by Crippen LogP contribution is -2.38. The first-order valence-corrected chi connectivity index (χ1v) is 7.57. The highest BCUT2D eigenvalue weighted by Gasteiger charge is 2.18. The van der Waals surface area contributed by atoms with E-state index in [1.807, 2.05) is 6.07 Å². The molecule has 1 rings (SSSR count). The van der Waals surface area contributed by atoms with Gasteiger partial charge in [-0.15, -0.1) is 0 Å². The molecule has 108 valence electrons. The van der Waals surface area contributed by atoms with E-state index in [0.29, 0.717) is 0 Å². The Hall–Kier alpha value is -0.890. The van der Waals surface area contributed by atoms with E-state index in [4.69, 9.17) is 5.73 Å². The molecule has 0 heterocycles. The summed E-state index contributed by atoms with van der Waals surface area (Å²) in [7, 11) is 0. The van der Waals surface area contributed by atoms with Crippen molar-refractivity contribution in [2.75, 3.05) is 0 Å². The molecule has 0 aliphatic heterocycles. The molecule has 19 heavy (non-hydrogen) atoms. The van der Waals surface area contributed by atoms with Crippen LogP contribution in [0.3, 0.4) is 0 Å². The average molecular weight is 265 g/mol. The van der Waals surface area contributed by atoms with Gasteiger partial charge < -0.3 is 5.73 Å². The Bertz CT molecular complexity index is 360. The van der Waals surface area contributed by atoms with Crippen LogP contribution in [0.4, 0.5) is 4.39 Å². The van der Waals surface area contributed by atoms with Crippen molar-refractivity contribution in [2.45, 2.75) is 70.8 Å². The Morgan fingerprint density at radius 1 is 1.11 bits per heavy atom. The maximum absolute atomic E-state index is 13.1. The highest BCUT2D eigenvalue weighted by Crippen LogP contribution is 2.19. The fourth-order valence-electron chi connectivity index (χ4n) is 2.51. The number of rotatable bonds is 9. The molecule has 1 aromatic carbocycles. The van der Waals surface area contributed by atoms with Gasteiger partial charge in [0.15, 0.2) is 0 Å². The standard InChI is InChI=1S/C17H28FN/c1-3-4-5-6-7-8-12-17(2,19)14-15-10-9-11-16(18)13-15/h9-11,13H,3-8,12,14,19H2,1-2H3. The number of benzene rings is 1. The molecule has 0 saturated heterocycles. The number of halogens is 1. The second-order valence-electron chi connectivity index (χ2n) is 5.98. The lowest BCUT2D eigenvalue weighted by Gasteiger charge is -2.24. The van der Waals surface area contributed by atoms with Crippen molar-refractivity contribution >= 4 is 0 Å². The summed E-state index contributed by atoms with van der Waals surface area (Å²) in [6, 6.07) is 6.78. The van der Waals surface area contributed by atoms with Gasteiger partial charge in [-0.3, -0.25) is 0 Å². The molecule has 0 fully saturated rings. The molecule has 0 bridgehead atoms. The SMILES string of the molecule is CCCCCCCCC(C)(N)Cc1cccc(F)c1. The van der Waals surface area contributed by atoms with E-state index >= 15 is 0 Å². The van der Waals surface area contributed by atoms with Crippen LogP contribution in [-0.4, -0.2) is 5.54 Å². The first kappa shape index (κ1) is 16.2. The van der Waals surface area contributed by atoms with Crippen LogP contribution in [0.15, 0.2) is 24.3 Å². The summed E-state index contributed by atoms with van der Waals surface area (Å²) >= 11 is 0. The second-order valence-corrected chi connectivity index (χ2v) is 5.98. The van der Waals surface area contributed by atoms with E-state index in [2.05, 4.69) is 13.8 Å². The maximum Gasteiger partial charge on any atom is 0.123 e. The summed E-state index contributed by atoms with van der Waals surface area (Å²) < 4.78 is 13.1. The van der Waals surface area contributed by atoms with E-state index in [0.717, 1.165) is 18.4 Å². The van der Waals surface area contributed by atoms with Crippen molar-refractivity contribution in [1.29, 1.82) is 0 Å². The van der Waals surface area contributed by atoms with Crippen LogP contribution >= 0.6 is 0 Å². The van der Waals surface area contributed by atoms with Crippen LogP contribution in [0, 0.1) is 5.82 Å². The Morgan fingerprint density at radius 3 is 2.47 bits per heavy atom. The fraction of sp³-hybridized carbons (Fsp3) is 0.647. The monoisotopic (exact) mass is 265 g/mol. The van der Waals surface area contributed by atoms with E-state index in [-0.39, 0.29) is 11.4 Å². The third kappa shape index (κ3) is 7.31. The van der Waals surface area contributed by atoms with Crippen molar-refractivity contribution in [3.63, 3.8) is 0 Å². The van der Waals surface area contributed by atoms with Gasteiger partial charge >= 0.3 is 0 Å². The maximum atomic E-state index is 13.1. The number of nitrogens with two attached hydrogens (primary N) is 1. The average Bonchev–Trinajstić information content (AvgIpc) is 2.33. The summed E-state index contributed by atoms with van der Waals surface area (Å²) in [6.45, 7) is 4.31. The highest BCUT2D eigenvalue weighted by molar-refractivity contribution is 5.18. The van der Waals surface area contributed by atoms with Crippen LogP contribution in [0.25, 0.3) is 0 Å². The van der Waals surface area contributed by atoms with Gasteiger partial charge in [0.1, 0.15) is 5.82 Å². The predicted octanol–water partition coefficient (Wildman–Crippen LogP) is 4.84. The second kappa shape index (κ2) is 8.31. The summed E-state index contributed by atoms with van der Waals surface area (Å²) in [5, 5.41) is 0. The predicted molar refractivity (Wildman–Crippen MR) is 80.7 cm³/mol. The zero-order valence-corrected chi connectivity index (χ0v) is 12.4. The van der Waals surface area contributed by atoms with Crippen LogP contribution in [-0.2, 0) is 6.42 Å². The highest BCUT2D eigenvalue weighted by atomic mass is 19.1. The molecule has 1 aromatic rings. The van der Waals surface area contributed by atoms with Crippen molar-refractivity contribution in [3.8, 4) is 0 Å². The third-order valence-electron chi connectivity index (χ3n) is 3.60. The molecular weight excluding hydrogens is 237 g/mol. The Balaban J connectivity index is 2.27. The lowest BCUT2D eigenvalue weighted by molar-refractivity contribution is 0.403. The fourth-order valence-corrected chi connectivity index (χ4v) is 2.51.